The Morgan fingerprint density at radius 3 is 3.07 bits per heavy atom. The van der Waals surface area contributed by atoms with Gasteiger partial charge in [-0.3, -0.25) is 4.79 Å². The minimum absolute atomic E-state index is 0.235. The molecule has 0 aliphatic heterocycles. The maximum atomic E-state index is 11.6. The lowest BCUT2D eigenvalue weighted by Gasteiger charge is -2.01. The van der Waals surface area contributed by atoms with Crippen LogP contribution in [0, 0.1) is 0 Å². The van der Waals surface area contributed by atoms with Crippen LogP contribution in [0.3, 0.4) is 0 Å². The van der Waals surface area contributed by atoms with Gasteiger partial charge in [-0.1, -0.05) is 5.16 Å². The van der Waals surface area contributed by atoms with Crippen molar-refractivity contribution in [2.45, 2.75) is 0 Å². The van der Waals surface area contributed by atoms with E-state index in [0.717, 1.165) is 0 Å². The largest absolute Gasteiger partial charge is 0.363 e. The third-order valence-electron chi connectivity index (χ3n) is 1.68. The first-order chi connectivity index (χ1) is 7.25. The fraction of sp³-hybridized carbons (Fsp3) is 0. The first-order valence-corrected chi connectivity index (χ1v) is 4.87. The minimum atomic E-state index is -0.235. The van der Waals surface area contributed by atoms with Gasteiger partial charge < -0.3 is 9.84 Å². The van der Waals surface area contributed by atoms with Crippen molar-refractivity contribution in [2.75, 3.05) is 5.32 Å². The lowest BCUT2D eigenvalue weighted by molar-refractivity contribution is 0.102. The van der Waals surface area contributed by atoms with Gasteiger partial charge in [0.25, 0.3) is 5.91 Å². The second-order valence-corrected chi connectivity index (χ2v) is 3.55. The normalized spacial score (nSPS) is 9.93. The Kier molecular flexibility index (Phi) is 2.77. The molecule has 0 aliphatic carbocycles. The van der Waals surface area contributed by atoms with Crippen LogP contribution in [0.1, 0.15) is 10.4 Å². The molecule has 0 fully saturated rings. The van der Waals surface area contributed by atoms with E-state index in [1.807, 2.05) is 0 Å². The van der Waals surface area contributed by atoms with Gasteiger partial charge in [0.05, 0.1) is 6.20 Å². The molecule has 1 amide bonds. The van der Waals surface area contributed by atoms with E-state index in [9.17, 15) is 4.79 Å². The van der Waals surface area contributed by atoms with Crippen molar-refractivity contribution in [1.29, 1.82) is 0 Å². The molecule has 2 aromatic rings. The SMILES string of the molecule is O=C(Nc1cnoc1)c1ccnc(Br)c1. The highest BCUT2D eigenvalue weighted by Crippen LogP contribution is 2.11. The molecule has 76 valence electrons. The fourth-order valence-electron chi connectivity index (χ4n) is 1.01. The Balaban J connectivity index is 2.15. The maximum Gasteiger partial charge on any atom is 0.255 e. The summed E-state index contributed by atoms with van der Waals surface area (Å²) in [5, 5.41) is 6.10. The number of hydrogen-bond donors (Lipinski definition) is 1. The third kappa shape index (κ3) is 2.41. The Morgan fingerprint density at radius 2 is 2.40 bits per heavy atom. The van der Waals surface area contributed by atoms with Crippen LogP contribution in [0.25, 0.3) is 0 Å². The van der Waals surface area contributed by atoms with E-state index in [1.54, 1.807) is 18.3 Å². The molecule has 0 atom stereocenters. The average Bonchev–Trinajstić information content (AvgIpc) is 2.70. The standard InChI is InChI=1S/C9H6BrN3O2/c10-8-3-6(1-2-11-8)9(14)13-7-4-12-15-5-7/h1-5H,(H,13,14). The van der Waals surface area contributed by atoms with E-state index in [4.69, 9.17) is 0 Å². The summed E-state index contributed by atoms with van der Waals surface area (Å²) in [6, 6.07) is 3.25. The predicted octanol–water partition coefficient (Wildman–Crippen LogP) is 2.08. The molecule has 0 saturated heterocycles. The molecule has 2 rings (SSSR count). The number of nitrogens with zero attached hydrogens (tertiary/aromatic N) is 2. The van der Waals surface area contributed by atoms with Gasteiger partial charge in [0.15, 0.2) is 0 Å². The molecule has 0 aromatic carbocycles. The summed E-state index contributed by atoms with van der Waals surface area (Å²) in [5.41, 5.74) is 1.03. The van der Waals surface area contributed by atoms with Crippen molar-refractivity contribution in [3.8, 4) is 0 Å². The number of carbonyl (C=O) groups is 1. The number of amides is 1. The second-order valence-electron chi connectivity index (χ2n) is 2.73. The van der Waals surface area contributed by atoms with Crippen molar-refractivity contribution in [2.24, 2.45) is 0 Å². The van der Waals surface area contributed by atoms with Crippen molar-refractivity contribution in [3.63, 3.8) is 0 Å². The zero-order chi connectivity index (χ0) is 10.7. The van der Waals surface area contributed by atoms with Crippen LogP contribution in [0.15, 0.2) is 39.9 Å². The quantitative estimate of drug-likeness (QED) is 0.847. The molecule has 5 nitrogen and oxygen atoms in total. The van der Waals surface area contributed by atoms with Crippen LogP contribution in [0.2, 0.25) is 0 Å². The Morgan fingerprint density at radius 1 is 1.53 bits per heavy atom. The van der Waals surface area contributed by atoms with E-state index >= 15 is 0 Å². The summed E-state index contributed by atoms with van der Waals surface area (Å²) in [7, 11) is 0. The maximum absolute atomic E-state index is 11.6. The van der Waals surface area contributed by atoms with E-state index in [1.165, 1.54) is 12.5 Å². The molecule has 2 heterocycles. The molecular weight excluding hydrogens is 262 g/mol. The van der Waals surface area contributed by atoms with Crippen LogP contribution >= 0.6 is 15.9 Å². The van der Waals surface area contributed by atoms with Crippen molar-refractivity contribution in [1.82, 2.24) is 10.1 Å². The summed E-state index contributed by atoms with van der Waals surface area (Å²) in [6.45, 7) is 0. The lowest BCUT2D eigenvalue weighted by atomic mass is 10.2. The molecular formula is C9H6BrN3O2. The zero-order valence-electron chi connectivity index (χ0n) is 7.48. The molecule has 1 N–H and O–H groups in total. The Hall–Kier alpha value is -1.69. The minimum Gasteiger partial charge on any atom is -0.363 e. The monoisotopic (exact) mass is 267 g/mol. The van der Waals surface area contributed by atoms with E-state index < -0.39 is 0 Å². The highest BCUT2D eigenvalue weighted by atomic mass is 79.9. The second kappa shape index (κ2) is 4.22. The number of aromatic nitrogens is 2. The average molecular weight is 268 g/mol. The fourth-order valence-corrected chi connectivity index (χ4v) is 1.38. The predicted molar refractivity (Wildman–Crippen MR) is 56.4 cm³/mol. The van der Waals surface area contributed by atoms with Gasteiger partial charge in [-0.15, -0.1) is 0 Å². The number of rotatable bonds is 2. The zero-order valence-corrected chi connectivity index (χ0v) is 9.06. The topological polar surface area (TPSA) is 68.0 Å². The molecule has 0 radical (unpaired) electrons. The number of carbonyl (C=O) groups excluding carboxylic acids is 1. The van der Waals surface area contributed by atoms with Crippen molar-refractivity contribution >= 4 is 27.5 Å². The van der Waals surface area contributed by atoms with Gasteiger partial charge in [-0.05, 0) is 28.1 Å². The first kappa shape index (κ1) is 9.85. The molecule has 0 unspecified atom stereocenters. The highest BCUT2D eigenvalue weighted by Gasteiger charge is 2.07. The third-order valence-corrected chi connectivity index (χ3v) is 2.11. The molecule has 0 aliphatic rings. The number of anilines is 1. The van der Waals surface area contributed by atoms with E-state index in [-0.39, 0.29) is 5.91 Å². The van der Waals surface area contributed by atoms with Crippen LogP contribution in [-0.4, -0.2) is 16.0 Å². The summed E-state index contributed by atoms with van der Waals surface area (Å²) in [4.78, 5) is 15.6. The van der Waals surface area contributed by atoms with E-state index in [2.05, 4.69) is 35.9 Å². The number of nitrogens with one attached hydrogen (secondary N) is 1. The van der Waals surface area contributed by atoms with Crippen LogP contribution in [0.5, 0.6) is 0 Å². The Bertz CT molecular complexity index is 470. The van der Waals surface area contributed by atoms with Crippen molar-refractivity contribution < 1.29 is 9.32 Å². The van der Waals surface area contributed by atoms with E-state index in [0.29, 0.717) is 15.9 Å². The molecule has 0 saturated carbocycles. The molecule has 6 heteroatoms. The first-order valence-electron chi connectivity index (χ1n) is 4.08. The van der Waals surface area contributed by atoms with Crippen molar-refractivity contribution in [3.05, 3.63) is 41.0 Å². The van der Waals surface area contributed by atoms with Gasteiger partial charge in [-0.25, -0.2) is 4.98 Å². The Labute approximate surface area is 93.6 Å². The number of hydrogen-bond acceptors (Lipinski definition) is 4. The summed E-state index contributed by atoms with van der Waals surface area (Å²) in [6.07, 6.45) is 4.33. The number of pyridine rings is 1. The van der Waals surface area contributed by atoms with Gasteiger partial charge in [-0.2, -0.15) is 0 Å². The highest BCUT2D eigenvalue weighted by molar-refractivity contribution is 9.10. The van der Waals surface area contributed by atoms with Crippen LogP contribution < -0.4 is 5.32 Å². The molecule has 2 aromatic heterocycles. The van der Waals surface area contributed by atoms with Crippen LogP contribution in [0.4, 0.5) is 5.69 Å². The lowest BCUT2D eigenvalue weighted by Crippen LogP contribution is -2.11. The summed E-state index contributed by atoms with van der Waals surface area (Å²) < 4.78 is 5.20. The smallest absolute Gasteiger partial charge is 0.255 e. The molecule has 0 bridgehead atoms. The van der Waals surface area contributed by atoms with Crippen LogP contribution in [-0.2, 0) is 0 Å². The summed E-state index contributed by atoms with van der Waals surface area (Å²) >= 11 is 3.19. The number of halogens is 1. The van der Waals surface area contributed by atoms with Gasteiger partial charge >= 0.3 is 0 Å². The van der Waals surface area contributed by atoms with Gasteiger partial charge in [0.2, 0.25) is 0 Å². The molecule has 0 spiro atoms. The van der Waals surface area contributed by atoms with Gasteiger partial charge in [0, 0.05) is 11.8 Å². The van der Waals surface area contributed by atoms with Gasteiger partial charge in [0.1, 0.15) is 16.6 Å². The molecule has 15 heavy (non-hydrogen) atoms. The summed E-state index contributed by atoms with van der Waals surface area (Å²) in [5.74, 6) is -0.235.